The maximum absolute atomic E-state index is 11.0. The summed E-state index contributed by atoms with van der Waals surface area (Å²) in [6.45, 7) is 0. The number of halogens is 1. The van der Waals surface area contributed by atoms with Crippen LogP contribution in [0.4, 0.5) is 0 Å². The first kappa shape index (κ1) is 19.9. The first-order valence-corrected chi connectivity index (χ1v) is 10.1. The molecule has 1 N–H and O–H groups in total. The molecule has 0 bridgehead atoms. The first-order chi connectivity index (χ1) is 15.6. The summed E-state index contributed by atoms with van der Waals surface area (Å²) in [6, 6.07) is 15.0. The van der Waals surface area contributed by atoms with E-state index in [-0.39, 0.29) is 11.0 Å². The molecule has 1 aromatic carbocycles. The molecule has 0 radical (unpaired) electrons. The number of hydrogen-bond donors (Lipinski definition) is 1. The van der Waals surface area contributed by atoms with Crippen LogP contribution in [-0.2, 0) is 6.42 Å². The fourth-order valence-corrected chi connectivity index (χ4v) is 3.60. The van der Waals surface area contributed by atoms with Crippen LogP contribution in [-0.4, -0.2) is 41.8 Å². The lowest BCUT2D eigenvalue weighted by Crippen LogP contribution is -1.97. The average Bonchev–Trinajstić information content (AvgIpc) is 3.14. The molecule has 0 aliphatic carbocycles. The highest BCUT2D eigenvalue weighted by Crippen LogP contribution is 2.32. The molecule has 0 aliphatic heterocycles. The lowest BCUT2D eigenvalue weighted by Gasteiger charge is -2.08. The van der Waals surface area contributed by atoms with Gasteiger partial charge >= 0.3 is 0 Å². The van der Waals surface area contributed by atoms with Crippen molar-refractivity contribution in [2.24, 2.45) is 0 Å². The van der Waals surface area contributed by atoms with Crippen LogP contribution < -0.4 is 4.74 Å². The van der Waals surface area contributed by atoms with Crippen molar-refractivity contribution in [1.29, 1.82) is 0 Å². The van der Waals surface area contributed by atoms with Gasteiger partial charge in [-0.2, -0.15) is 5.10 Å². The molecule has 0 atom stereocenters. The summed E-state index contributed by atoms with van der Waals surface area (Å²) in [6.07, 6.45) is 5.42. The number of fused-ring (bicyclic) bond motifs is 1. The molecule has 4 heterocycles. The standard InChI is InChI=1S/C23H17ClN6O2/c1-32-20-8-7-14(11-25-20)9-17-23(31)30-13-18(15-5-3-2-4-6-15)27-21(22(30)28-17)16-10-19(24)29-26-12-16/h2-8,10-13,31H,9H2,1H3. The third-order valence-electron chi connectivity index (χ3n) is 5.00. The molecule has 5 rings (SSSR count). The Bertz CT molecular complexity index is 1400. The van der Waals surface area contributed by atoms with Gasteiger partial charge in [0.1, 0.15) is 11.4 Å². The van der Waals surface area contributed by atoms with Gasteiger partial charge in [-0.1, -0.05) is 48.0 Å². The van der Waals surface area contributed by atoms with Crippen LogP contribution in [0, 0.1) is 0 Å². The van der Waals surface area contributed by atoms with E-state index in [2.05, 4.69) is 15.2 Å². The molecule has 4 aromatic heterocycles. The van der Waals surface area contributed by atoms with Crippen molar-refractivity contribution in [1.82, 2.24) is 29.5 Å². The van der Waals surface area contributed by atoms with E-state index >= 15 is 0 Å². The fraction of sp³-hybridized carbons (Fsp3) is 0.0870. The molecule has 32 heavy (non-hydrogen) atoms. The Morgan fingerprint density at radius 1 is 1.03 bits per heavy atom. The number of aromatic nitrogens is 6. The van der Waals surface area contributed by atoms with Crippen molar-refractivity contribution in [3.05, 3.63) is 83.5 Å². The Balaban J connectivity index is 1.68. The summed E-state index contributed by atoms with van der Waals surface area (Å²) >= 11 is 6.08. The Labute approximate surface area is 188 Å². The zero-order valence-corrected chi connectivity index (χ0v) is 17.7. The van der Waals surface area contributed by atoms with Crippen LogP contribution in [0.1, 0.15) is 11.3 Å². The van der Waals surface area contributed by atoms with E-state index in [1.54, 1.807) is 42.2 Å². The molecule has 0 saturated heterocycles. The molecule has 5 aromatic rings. The molecule has 0 amide bonds. The summed E-state index contributed by atoms with van der Waals surface area (Å²) in [5, 5.41) is 19.0. The molecule has 0 spiro atoms. The third-order valence-corrected chi connectivity index (χ3v) is 5.18. The SMILES string of the molecule is COc1ccc(Cc2nc3c(-c4cnnc(Cl)c4)nc(-c4ccccc4)cn3c2O)cn1. The lowest BCUT2D eigenvalue weighted by atomic mass is 10.1. The number of hydrogen-bond acceptors (Lipinski definition) is 7. The number of nitrogens with zero attached hydrogens (tertiary/aromatic N) is 6. The minimum Gasteiger partial charge on any atom is -0.493 e. The average molecular weight is 445 g/mol. The molecule has 9 heteroatoms. The molecule has 0 fully saturated rings. The van der Waals surface area contributed by atoms with Crippen LogP contribution >= 0.6 is 11.6 Å². The number of methoxy groups -OCH3 is 1. The maximum atomic E-state index is 11.0. The van der Waals surface area contributed by atoms with Gasteiger partial charge in [0.2, 0.25) is 11.8 Å². The van der Waals surface area contributed by atoms with Gasteiger partial charge in [-0.05, 0) is 11.6 Å². The van der Waals surface area contributed by atoms with Crippen molar-refractivity contribution >= 4 is 17.2 Å². The highest BCUT2D eigenvalue weighted by Gasteiger charge is 2.19. The monoisotopic (exact) mass is 444 g/mol. The van der Waals surface area contributed by atoms with E-state index in [0.29, 0.717) is 40.6 Å². The summed E-state index contributed by atoms with van der Waals surface area (Å²) in [7, 11) is 1.56. The Morgan fingerprint density at radius 3 is 2.59 bits per heavy atom. The number of rotatable bonds is 5. The minimum absolute atomic E-state index is 0.0322. The van der Waals surface area contributed by atoms with Gasteiger partial charge in [0, 0.05) is 36.0 Å². The summed E-state index contributed by atoms with van der Waals surface area (Å²) < 4.78 is 6.74. The number of pyridine rings is 1. The highest BCUT2D eigenvalue weighted by molar-refractivity contribution is 6.29. The number of ether oxygens (including phenoxy) is 1. The lowest BCUT2D eigenvalue weighted by molar-refractivity contribution is 0.397. The second-order valence-electron chi connectivity index (χ2n) is 7.07. The van der Waals surface area contributed by atoms with E-state index in [4.69, 9.17) is 26.3 Å². The molecule has 8 nitrogen and oxygen atoms in total. The summed E-state index contributed by atoms with van der Waals surface area (Å²) in [5.74, 6) is 0.554. The second kappa shape index (κ2) is 8.24. The van der Waals surface area contributed by atoms with E-state index < -0.39 is 0 Å². The van der Waals surface area contributed by atoms with Gasteiger partial charge in [-0.3, -0.25) is 4.40 Å². The molecular weight excluding hydrogens is 428 g/mol. The van der Waals surface area contributed by atoms with Gasteiger partial charge in [0.25, 0.3) is 0 Å². The van der Waals surface area contributed by atoms with Crippen molar-refractivity contribution in [3.8, 4) is 34.3 Å². The Morgan fingerprint density at radius 2 is 1.88 bits per heavy atom. The predicted octanol–water partition coefficient (Wildman–Crippen LogP) is 4.21. The fourth-order valence-electron chi connectivity index (χ4n) is 3.44. The molecule has 158 valence electrons. The molecule has 0 unspecified atom stereocenters. The smallest absolute Gasteiger partial charge is 0.219 e. The van der Waals surface area contributed by atoms with Crippen LogP contribution in [0.2, 0.25) is 5.15 Å². The topological polar surface area (TPSA) is 98.3 Å². The van der Waals surface area contributed by atoms with Crippen molar-refractivity contribution < 1.29 is 9.84 Å². The van der Waals surface area contributed by atoms with Crippen LogP contribution in [0.3, 0.4) is 0 Å². The van der Waals surface area contributed by atoms with Gasteiger partial charge in [-0.15, -0.1) is 5.10 Å². The first-order valence-electron chi connectivity index (χ1n) is 9.76. The van der Waals surface area contributed by atoms with Crippen LogP contribution in [0.5, 0.6) is 11.8 Å². The summed E-state index contributed by atoms with van der Waals surface area (Å²) in [5.41, 5.74) is 4.63. The molecule has 0 saturated carbocycles. The van der Waals surface area contributed by atoms with Crippen LogP contribution in [0.25, 0.3) is 28.2 Å². The Kier molecular flexibility index (Phi) is 5.12. The normalized spacial score (nSPS) is 11.1. The molecular formula is C23H17ClN6O2. The zero-order chi connectivity index (χ0) is 22.1. The summed E-state index contributed by atoms with van der Waals surface area (Å²) in [4.78, 5) is 13.7. The second-order valence-corrected chi connectivity index (χ2v) is 7.46. The van der Waals surface area contributed by atoms with Gasteiger partial charge in [0.15, 0.2) is 10.8 Å². The van der Waals surface area contributed by atoms with Crippen molar-refractivity contribution in [2.45, 2.75) is 6.42 Å². The van der Waals surface area contributed by atoms with Gasteiger partial charge < -0.3 is 9.84 Å². The number of imidazole rings is 1. The largest absolute Gasteiger partial charge is 0.493 e. The van der Waals surface area contributed by atoms with E-state index in [0.717, 1.165) is 11.1 Å². The van der Waals surface area contributed by atoms with E-state index in [9.17, 15) is 5.11 Å². The highest BCUT2D eigenvalue weighted by atomic mass is 35.5. The van der Waals surface area contributed by atoms with E-state index in [1.807, 2.05) is 36.4 Å². The number of aromatic hydroxyl groups is 1. The van der Waals surface area contributed by atoms with E-state index in [1.165, 1.54) is 0 Å². The zero-order valence-electron chi connectivity index (χ0n) is 17.0. The predicted molar refractivity (Wildman–Crippen MR) is 120 cm³/mol. The number of benzene rings is 1. The van der Waals surface area contributed by atoms with Crippen LogP contribution in [0.15, 0.2) is 67.1 Å². The third kappa shape index (κ3) is 3.72. The van der Waals surface area contributed by atoms with Gasteiger partial charge in [-0.25, -0.2) is 15.0 Å². The van der Waals surface area contributed by atoms with Crippen molar-refractivity contribution in [2.75, 3.05) is 7.11 Å². The quantitative estimate of drug-likeness (QED) is 0.433. The van der Waals surface area contributed by atoms with Crippen molar-refractivity contribution in [3.63, 3.8) is 0 Å². The molecule has 0 aliphatic rings. The van der Waals surface area contributed by atoms with Gasteiger partial charge in [0.05, 0.1) is 19.0 Å². The Hall–Kier alpha value is -4.04. The minimum atomic E-state index is 0.0322. The maximum Gasteiger partial charge on any atom is 0.219 e.